The fourth-order valence-corrected chi connectivity index (χ4v) is 4.33. The van der Waals surface area contributed by atoms with Gasteiger partial charge in [0.2, 0.25) is 0 Å². The van der Waals surface area contributed by atoms with Crippen LogP contribution in [0.15, 0.2) is 42.7 Å². The second kappa shape index (κ2) is 6.94. The summed E-state index contributed by atoms with van der Waals surface area (Å²) in [5, 5.41) is 9.92. The largest absolute Gasteiger partial charge is 0.481 e. The quantitative estimate of drug-likeness (QED) is 0.869. The lowest BCUT2D eigenvalue weighted by Gasteiger charge is -2.25. The Balaban J connectivity index is 1.53. The highest BCUT2D eigenvalue weighted by Gasteiger charge is 2.58. The van der Waals surface area contributed by atoms with Gasteiger partial charge in [-0.05, 0) is 29.8 Å². The van der Waals surface area contributed by atoms with Crippen molar-refractivity contribution in [3.63, 3.8) is 0 Å². The number of nitrogens with zero attached hydrogens (tertiary/aromatic N) is 3. The number of aliphatic carboxylic acids is 1. The molecule has 1 N–H and O–H groups in total. The smallest absolute Gasteiger partial charge is 0.313 e. The number of carboxylic acids is 1. The Hall–Kier alpha value is -2.87. The van der Waals surface area contributed by atoms with Crippen LogP contribution in [0.5, 0.6) is 0 Å². The van der Waals surface area contributed by atoms with Crippen molar-refractivity contribution in [1.82, 2.24) is 14.8 Å². The van der Waals surface area contributed by atoms with Crippen molar-refractivity contribution < 1.29 is 23.5 Å². The number of hydrogen-bond acceptors (Lipinski definition) is 4. The van der Waals surface area contributed by atoms with E-state index in [0.29, 0.717) is 13.1 Å². The molecule has 0 saturated carbocycles. The SMILES string of the molecule is O=C(c1cc(F)ccc1F)N1C[C@@H]2CN(Cc3cccnc3)C[C@]2(C(=O)O)C1. The highest BCUT2D eigenvalue weighted by Crippen LogP contribution is 2.43. The zero-order chi connectivity index (χ0) is 19.9. The van der Waals surface area contributed by atoms with Gasteiger partial charge in [-0.25, -0.2) is 8.78 Å². The molecule has 2 atom stereocenters. The third-order valence-corrected chi connectivity index (χ3v) is 5.68. The van der Waals surface area contributed by atoms with Crippen molar-refractivity contribution in [3.05, 3.63) is 65.5 Å². The molecule has 146 valence electrons. The normalized spacial score (nSPS) is 24.4. The number of pyridine rings is 1. The van der Waals surface area contributed by atoms with E-state index in [-0.39, 0.29) is 31.1 Å². The zero-order valence-electron chi connectivity index (χ0n) is 15.0. The molecule has 0 unspecified atom stereocenters. The van der Waals surface area contributed by atoms with Crippen LogP contribution < -0.4 is 0 Å². The van der Waals surface area contributed by atoms with Gasteiger partial charge in [-0.1, -0.05) is 6.07 Å². The van der Waals surface area contributed by atoms with E-state index in [2.05, 4.69) is 4.98 Å². The molecule has 1 amide bonds. The van der Waals surface area contributed by atoms with Crippen LogP contribution in [0.3, 0.4) is 0 Å². The lowest BCUT2D eigenvalue weighted by Crippen LogP contribution is -2.42. The maximum Gasteiger partial charge on any atom is 0.313 e. The first kappa shape index (κ1) is 18.5. The van der Waals surface area contributed by atoms with Gasteiger partial charge in [0.15, 0.2) is 0 Å². The first-order valence-corrected chi connectivity index (χ1v) is 8.98. The Morgan fingerprint density at radius 1 is 1.21 bits per heavy atom. The molecule has 0 spiro atoms. The number of hydrogen-bond donors (Lipinski definition) is 1. The molecule has 0 aliphatic carbocycles. The maximum atomic E-state index is 14.0. The number of halogens is 2. The number of benzene rings is 1. The minimum Gasteiger partial charge on any atom is -0.481 e. The molecule has 2 aliphatic heterocycles. The summed E-state index contributed by atoms with van der Waals surface area (Å²) in [5.74, 6) is -3.44. The molecule has 2 fully saturated rings. The van der Waals surface area contributed by atoms with Gasteiger partial charge in [-0.3, -0.25) is 19.5 Å². The highest BCUT2D eigenvalue weighted by molar-refractivity contribution is 5.95. The minimum absolute atomic E-state index is 0.0225. The number of likely N-dealkylation sites (tertiary alicyclic amines) is 2. The molecular formula is C20H19F2N3O3. The number of carbonyl (C=O) groups excluding carboxylic acids is 1. The summed E-state index contributed by atoms with van der Waals surface area (Å²) < 4.78 is 27.4. The molecule has 28 heavy (non-hydrogen) atoms. The van der Waals surface area contributed by atoms with E-state index in [1.54, 1.807) is 12.4 Å². The van der Waals surface area contributed by atoms with Gasteiger partial charge in [0.1, 0.15) is 17.0 Å². The molecule has 0 bridgehead atoms. The highest BCUT2D eigenvalue weighted by atomic mass is 19.1. The molecule has 3 heterocycles. The van der Waals surface area contributed by atoms with E-state index in [0.717, 1.165) is 23.8 Å². The predicted molar refractivity (Wildman–Crippen MR) is 95.3 cm³/mol. The standard InChI is InChI=1S/C20H19F2N3O3/c21-15-3-4-17(22)16(6-15)18(26)25-10-14-9-24(8-13-2-1-5-23-7-13)11-20(14,12-25)19(27)28/h1-7,14H,8-12H2,(H,27,28)/t14-,20-/m0/s1. The van der Waals surface area contributed by atoms with Gasteiger partial charge in [0.05, 0.1) is 5.56 Å². The molecule has 8 heteroatoms. The van der Waals surface area contributed by atoms with Crippen LogP contribution >= 0.6 is 0 Å². The van der Waals surface area contributed by atoms with Gasteiger partial charge in [-0.2, -0.15) is 0 Å². The molecule has 2 saturated heterocycles. The fourth-order valence-electron chi connectivity index (χ4n) is 4.33. The number of rotatable bonds is 4. The van der Waals surface area contributed by atoms with Crippen LogP contribution in [0.1, 0.15) is 15.9 Å². The average molecular weight is 387 g/mol. The Morgan fingerprint density at radius 2 is 2.04 bits per heavy atom. The van der Waals surface area contributed by atoms with E-state index in [4.69, 9.17) is 0 Å². The second-order valence-electron chi connectivity index (χ2n) is 7.50. The Kier molecular flexibility index (Phi) is 4.58. The number of carboxylic acid groups (broad SMARTS) is 1. The average Bonchev–Trinajstić information content (AvgIpc) is 3.19. The van der Waals surface area contributed by atoms with Crippen LogP contribution in [0.25, 0.3) is 0 Å². The summed E-state index contributed by atoms with van der Waals surface area (Å²) in [7, 11) is 0. The van der Waals surface area contributed by atoms with Crippen LogP contribution in [-0.4, -0.2) is 57.9 Å². The number of fused-ring (bicyclic) bond motifs is 1. The van der Waals surface area contributed by atoms with Crippen LogP contribution in [-0.2, 0) is 11.3 Å². The van der Waals surface area contributed by atoms with Gasteiger partial charge in [-0.15, -0.1) is 0 Å². The van der Waals surface area contributed by atoms with Gasteiger partial charge >= 0.3 is 5.97 Å². The lowest BCUT2D eigenvalue weighted by molar-refractivity contribution is -0.148. The van der Waals surface area contributed by atoms with E-state index < -0.39 is 28.9 Å². The third-order valence-electron chi connectivity index (χ3n) is 5.68. The van der Waals surface area contributed by atoms with Gasteiger partial charge in [0.25, 0.3) is 5.91 Å². The molecule has 0 radical (unpaired) electrons. The van der Waals surface area contributed by atoms with Crippen molar-refractivity contribution in [1.29, 1.82) is 0 Å². The van der Waals surface area contributed by atoms with E-state index in [9.17, 15) is 23.5 Å². The predicted octanol–water partition coefficient (Wildman–Crippen LogP) is 2.02. The lowest BCUT2D eigenvalue weighted by atomic mass is 9.81. The molecule has 1 aromatic heterocycles. The van der Waals surface area contributed by atoms with Crippen molar-refractivity contribution in [2.24, 2.45) is 11.3 Å². The summed E-state index contributed by atoms with van der Waals surface area (Å²) in [6.45, 7) is 1.55. The minimum atomic E-state index is -1.11. The summed E-state index contributed by atoms with van der Waals surface area (Å²) in [6, 6.07) is 6.46. The summed E-state index contributed by atoms with van der Waals surface area (Å²) >= 11 is 0. The zero-order valence-corrected chi connectivity index (χ0v) is 15.0. The van der Waals surface area contributed by atoms with Gasteiger partial charge in [0, 0.05) is 51.0 Å². The molecule has 2 aliphatic rings. The second-order valence-corrected chi connectivity index (χ2v) is 7.50. The summed E-state index contributed by atoms with van der Waals surface area (Å²) in [4.78, 5) is 32.3. The molecule has 6 nitrogen and oxygen atoms in total. The van der Waals surface area contributed by atoms with Crippen LogP contribution in [0.4, 0.5) is 8.78 Å². The Labute approximate surface area is 160 Å². The maximum absolute atomic E-state index is 14.0. The third kappa shape index (κ3) is 3.13. The molecule has 4 rings (SSSR count). The summed E-state index contributed by atoms with van der Waals surface area (Å²) in [6.07, 6.45) is 3.42. The summed E-state index contributed by atoms with van der Waals surface area (Å²) in [5.41, 5.74) is -0.493. The number of carbonyl (C=O) groups is 2. The molecule has 2 aromatic rings. The van der Waals surface area contributed by atoms with Crippen molar-refractivity contribution in [2.45, 2.75) is 6.54 Å². The van der Waals surface area contributed by atoms with Crippen LogP contribution in [0.2, 0.25) is 0 Å². The monoisotopic (exact) mass is 387 g/mol. The molecular weight excluding hydrogens is 368 g/mol. The van der Waals surface area contributed by atoms with E-state index >= 15 is 0 Å². The van der Waals surface area contributed by atoms with Crippen molar-refractivity contribution >= 4 is 11.9 Å². The first-order chi connectivity index (χ1) is 13.4. The molecule has 1 aromatic carbocycles. The first-order valence-electron chi connectivity index (χ1n) is 8.98. The van der Waals surface area contributed by atoms with Crippen molar-refractivity contribution in [2.75, 3.05) is 26.2 Å². The Bertz CT molecular complexity index is 924. The van der Waals surface area contributed by atoms with Gasteiger partial charge < -0.3 is 10.0 Å². The number of aromatic nitrogens is 1. The van der Waals surface area contributed by atoms with E-state index in [1.165, 1.54) is 4.90 Å². The fraction of sp³-hybridized carbons (Fsp3) is 0.350. The topological polar surface area (TPSA) is 73.7 Å². The van der Waals surface area contributed by atoms with Crippen LogP contribution in [0, 0.1) is 23.0 Å². The number of amides is 1. The van der Waals surface area contributed by atoms with E-state index in [1.807, 2.05) is 17.0 Å². The van der Waals surface area contributed by atoms with Crippen molar-refractivity contribution in [3.8, 4) is 0 Å². The Morgan fingerprint density at radius 3 is 2.71 bits per heavy atom.